The molecule has 0 radical (unpaired) electrons. The molecule has 1 aromatic heterocycles. The van der Waals surface area contributed by atoms with E-state index in [1.54, 1.807) is 11.0 Å². The molecule has 2 heterocycles. The number of β-amino-alcohol motifs (C(OH)–C–C–N with tert-alkyl or cyclic N) is 1. The number of sulfonamides is 1. The molecule has 0 spiro atoms. The lowest BCUT2D eigenvalue weighted by molar-refractivity contribution is 0.157. The van der Waals surface area contributed by atoms with E-state index in [9.17, 15) is 13.5 Å². The molecule has 1 aliphatic rings. The van der Waals surface area contributed by atoms with E-state index in [2.05, 4.69) is 4.98 Å². The Morgan fingerprint density at radius 2 is 2.10 bits per heavy atom. The lowest BCUT2D eigenvalue weighted by Crippen LogP contribution is -2.33. The van der Waals surface area contributed by atoms with E-state index in [0.29, 0.717) is 29.0 Å². The third-order valence-electron chi connectivity index (χ3n) is 3.48. The Balaban J connectivity index is 2.14. The zero-order valence-electron chi connectivity index (χ0n) is 11.7. The summed E-state index contributed by atoms with van der Waals surface area (Å²) in [5, 5.41) is 10.9. The highest BCUT2D eigenvalue weighted by molar-refractivity contribution is 7.89. The van der Waals surface area contributed by atoms with Gasteiger partial charge in [-0.1, -0.05) is 23.2 Å². The van der Waals surface area contributed by atoms with Gasteiger partial charge in [-0.05, 0) is 6.07 Å². The first-order valence-electron chi connectivity index (χ1n) is 6.35. The van der Waals surface area contributed by atoms with Gasteiger partial charge in [0.2, 0.25) is 10.0 Å². The number of aliphatic hydroxyl groups excluding tert-OH is 1. The molecule has 1 aromatic rings. The van der Waals surface area contributed by atoms with Crippen molar-refractivity contribution in [2.45, 2.75) is 6.10 Å². The molecule has 0 saturated carbocycles. The van der Waals surface area contributed by atoms with Crippen LogP contribution >= 0.6 is 23.2 Å². The van der Waals surface area contributed by atoms with Crippen molar-refractivity contribution in [2.24, 2.45) is 5.92 Å². The van der Waals surface area contributed by atoms with Gasteiger partial charge in [-0.25, -0.2) is 17.7 Å². The van der Waals surface area contributed by atoms with E-state index in [1.165, 1.54) is 20.3 Å². The Labute approximate surface area is 134 Å². The minimum atomic E-state index is -3.36. The van der Waals surface area contributed by atoms with E-state index < -0.39 is 16.1 Å². The molecule has 1 saturated heterocycles. The topological polar surface area (TPSA) is 73.7 Å². The number of aromatic nitrogens is 1. The maximum Gasteiger partial charge on any atom is 0.214 e. The van der Waals surface area contributed by atoms with Crippen molar-refractivity contribution in [3.05, 3.63) is 22.3 Å². The van der Waals surface area contributed by atoms with E-state index in [0.717, 1.165) is 4.31 Å². The van der Waals surface area contributed by atoms with Gasteiger partial charge in [0.1, 0.15) is 5.82 Å². The summed E-state index contributed by atoms with van der Waals surface area (Å²) < 4.78 is 25.0. The van der Waals surface area contributed by atoms with Gasteiger partial charge in [-0.15, -0.1) is 0 Å². The van der Waals surface area contributed by atoms with Crippen molar-refractivity contribution in [1.29, 1.82) is 0 Å². The van der Waals surface area contributed by atoms with E-state index in [1.807, 2.05) is 0 Å². The Kier molecular flexibility index (Phi) is 4.99. The van der Waals surface area contributed by atoms with Crippen LogP contribution in [-0.2, 0) is 10.0 Å². The maximum atomic E-state index is 11.9. The second-order valence-corrected chi connectivity index (χ2v) is 8.32. The minimum Gasteiger partial charge on any atom is -0.391 e. The molecule has 118 valence electrons. The highest BCUT2D eigenvalue weighted by Gasteiger charge is 2.36. The number of pyridine rings is 1. The molecule has 9 heteroatoms. The van der Waals surface area contributed by atoms with Gasteiger partial charge in [0.15, 0.2) is 0 Å². The SMILES string of the molecule is CN(C)S(=O)(=O)C[C@@H]1CN(c2ncc(Cl)cc2Cl)C[C@H]1O. The van der Waals surface area contributed by atoms with Crippen LogP contribution in [0.3, 0.4) is 0 Å². The fourth-order valence-corrected chi connectivity index (χ4v) is 3.92. The molecule has 0 amide bonds. The molecule has 1 fully saturated rings. The Bertz CT molecular complexity index is 624. The molecule has 0 aliphatic carbocycles. The zero-order valence-corrected chi connectivity index (χ0v) is 14.0. The number of rotatable bonds is 4. The molecule has 1 aliphatic heterocycles. The largest absolute Gasteiger partial charge is 0.391 e. The number of hydrogen-bond donors (Lipinski definition) is 1. The summed E-state index contributed by atoms with van der Waals surface area (Å²) in [6.07, 6.45) is 0.729. The number of hydrogen-bond acceptors (Lipinski definition) is 5. The highest BCUT2D eigenvalue weighted by atomic mass is 35.5. The van der Waals surface area contributed by atoms with Crippen molar-refractivity contribution < 1.29 is 13.5 Å². The molecule has 2 rings (SSSR count). The first-order valence-corrected chi connectivity index (χ1v) is 8.71. The molecule has 21 heavy (non-hydrogen) atoms. The van der Waals surface area contributed by atoms with Gasteiger partial charge in [0, 0.05) is 39.3 Å². The van der Waals surface area contributed by atoms with Crippen LogP contribution in [-0.4, -0.2) is 61.9 Å². The normalized spacial score (nSPS) is 23.0. The average molecular weight is 354 g/mol. The van der Waals surface area contributed by atoms with E-state index in [-0.39, 0.29) is 11.7 Å². The van der Waals surface area contributed by atoms with Gasteiger partial charge in [-0.2, -0.15) is 0 Å². The van der Waals surface area contributed by atoms with Gasteiger partial charge in [-0.3, -0.25) is 0 Å². The Morgan fingerprint density at radius 1 is 1.43 bits per heavy atom. The van der Waals surface area contributed by atoms with Crippen molar-refractivity contribution in [3.8, 4) is 0 Å². The molecular weight excluding hydrogens is 337 g/mol. The number of halogens is 2. The molecule has 0 unspecified atom stereocenters. The summed E-state index contributed by atoms with van der Waals surface area (Å²) in [5.41, 5.74) is 0. The maximum absolute atomic E-state index is 11.9. The van der Waals surface area contributed by atoms with Crippen LogP contribution in [0.15, 0.2) is 12.3 Å². The fraction of sp³-hybridized carbons (Fsp3) is 0.583. The summed E-state index contributed by atoms with van der Waals surface area (Å²) in [5.74, 6) is 0.0129. The third kappa shape index (κ3) is 3.78. The molecule has 6 nitrogen and oxygen atoms in total. The van der Waals surface area contributed by atoms with Crippen LogP contribution in [0.5, 0.6) is 0 Å². The Hall–Kier alpha value is -0.600. The summed E-state index contributed by atoms with van der Waals surface area (Å²) >= 11 is 11.9. The monoisotopic (exact) mass is 353 g/mol. The fourth-order valence-electron chi connectivity index (χ4n) is 2.25. The van der Waals surface area contributed by atoms with Crippen LogP contribution in [0.1, 0.15) is 0 Å². The Morgan fingerprint density at radius 3 is 2.67 bits per heavy atom. The molecule has 0 bridgehead atoms. The number of nitrogens with zero attached hydrogens (tertiary/aromatic N) is 3. The van der Waals surface area contributed by atoms with E-state index in [4.69, 9.17) is 23.2 Å². The second kappa shape index (κ2) is 6.26. The molecule has 2 atom stereocenters. The standard InChI is InChI=1S/C12H17Cl2N3O3S/c1-16(2)21(19,20)7-8-5-17(6-11(8)18)12-10(14)3-9(13)4-15-12/h3-4,8,11,18H,5-7H2,1-2H3/t8-,11+/m0/s1. The summed E-state index contributed by atoms with van der Waals surface area (Å²) in [4.78, 5) is 5.93. The predicted octanol–water partition coefficient (Wildman–Crippen LogP) is 1.08. The third-order valence-corrected chi connectivity index (χ3v) is 5.92. The lowest BCUT2D eigenvalue weighted by atomic mass is 10.1. The predicted molar refractivity (Wildman–Crippen MR) is 83.4 cm³/mol. The van der Waals surface area contributed by atoms with Crippen LogP contribution in [0.25, 0.3) is 0 Å². The van der Waals surface area contributed by atoms with Crippen LogP contribution < -0.4 is 4.90 Å². The van der Waals surface area contributed by atoms with Crippen LogP contribution in [0.4, 0.5) is 5.82 Å². The van der Waals surface area contributed by atoms with Gasteiger partial charge >= 0.3 is 0 Å². The summed E-state index contributed by atoms with van der Waals surface area (Å²) in [7, 11) is -0.408. The van der Waals surface area contributed by atoms with Crippen LogP contribution in [0.2, 0.25) is 10.0 Å². The van der Waals surface area contributed by atoms with Crippen LogP contribution in [0, 0.1) is 5.92 Å². The lowest BCUT2D eigenvalue weighted by Gasteiger charge is -2.19. The highest BCUT2D eigenvalue weighted by Crippen LogP contribution is 2.30. The molecular formula is C12H17Cl2N3O3S. The number of anilines is 1. The molecule has 1 N–H and O–H groups in total. The van der Waals surface area contributed by atoms with Gasteiger partial charge < -0.3 is 10.0 Å². The van der Waals surface area contributed by atoms with Crippen molar-refractivity contribution in [1.82, 2.24) is 9.29 Å². The van der Waals surface area contributed by atoms with E-state index >= 15 is 0 Å². The summed E-state index contributed by atoms with van der Waals surface area (Å²) in [6.45, 7) is 0.671. The second-order valence-electron chi connectivity index (χ2n) is 5.25. The average Bonchev–Trinajstić information content (AvgIpc) is 2.69. The smallest absolute Gasteiger partial charge is 0.214 e. The summed E-state index contributed by atoms with van der Waals surface area (Å²) in [6, 6.07) is 1.57. The van der Waals surface area contributed by atoms with Gasteiger partial charge in [0.05, 0.1) is 21.9 Å². The van der Waals surface area contributed by atoms with Crippen molar-refractivity contribution >= 4 is 39.0 Å². The minimum absolute atomic E-state index is 0.108. The quantitative estimate of drug-likeness (QED) is 0.876. The number of aliphatic hydroxyl groups is 1. The zero-order chi connectivity index (χ0) is 15.8. The molecule has 0 aromatic carbocycles. The first-order chi connectivity index (χ1) is 9.70. The first kappa shape index (κ1) is 16.8. The van der Waals surface area contributed by atoms with Crippen molar-refractivity contribution in [3.63, 3.8) is 0 Å². The van der Waals surface area contributed by atoms with Crippen molar-refractivity contribution in [2.75, 3.05) is 37.8 Å². The van der Waals surface area contributed by atoms with Gasteiger partial charge in [0.25, 0.3) is 0 Å².